The Morgan fingerprint density at radius 1 is 1.31 bits per heavy atom. The summed E-state index contributed by atoms with van der Waals surface area (Å²) in [6, 6.07) is 3.58. The molecule has 0 saturated carbocycles. The van der Waals surface area contributed by atoms with Crippen molar-refractivity contribution in [3.05, 3.63) is 28.8 Å². The van der Waals surface area contributed by atoms with E-state index in [-0.39, 0.29) is 5.97 Å². The van der Waals surface area contributed by atoms with E-state index in [2.05, 4.69) is 4.74 Å². The third-order valence-electron chi connectivity index (χ3n) is 2.00. The molecular formula is C10H11O2S. The van der Waals surface area contributed by atoms with Gasteiger partial charge < -0.3 is 4.74 Å². The Hall–Kier alpha value is -1.09. The molecule has 3 heteroatoms. The number of ether oxygens (including phenoxy) is 1. The van der Waals surface area contributed by atoms with E-state index in [4.69, 9.17) is 12.6 Å². The van der Waals surface area contributed by atoms with E-state index < -0.39 is 0 Å². The summed E-state index contributed by atoms with van der Waals surface area (Å²) in [4.78, 5) is 11.8. The first-order valence-corrected chi connectivity index (χ1v) is 4.33. The summed E-state index contributed by atoms with van der Waals surface area (Å²) in [7, 11) is 1.35. The van der Waals surface area contributed by atoms with Crippen molar-refractivity contribution < 1.29 is 9.53 Å². The molecule has 0 saturated heterocycles. The second-order valence-electron chi connectivity index (χ2n) is 2.92. The molecule has 0 N–H and O–H groups in total. The summed E-state index contributed by atoms with van der Waals surface area (Å²) in [6.45, 7) is 3.91. The third-order valence-corrected chi connectivity index (χ3v) is 2.34. The van der Waals surface area contributed by atoms with Gasteiger partial charge in [-0.25, -0.2) is 4.79 Å². The number of aryl methyl sites for hydroxylation is 2. The molecule has 0 atom stereocenters. The second-order valence-corrected chi connectivity index (χ2v) is 3.36. The lowest BCUT2D eigenvalue weighted by Gasteiger charge is -2.05. The zero-order valence-corrected chi connectivity index (χ0v) is 8.70. The third kappa shape index (κ3) is 1.98. The Balaban J connectivity index is 3.23. The summed E-state index contributed by atoms with van der Waals surface area (Å²) in [5.74, 6) is -0.367. The van der Waals surface area contributed by atoms with Crippen molar-refractivity contribution >= 4 is 18.6 Å². The lowest BCUT2D eigenvalue weighted by atomic mass is 10.1. The summed E-state index contributed by atoms with van der Waals surface area (Å²) in [5, 5.41) is 0. The first-order chi connectivity index (χ1) is 6.06. The van der Waals surface area contributed by atoms with E-state index in [1.54, 1.807) is 6.07 Å². The van der Waals surface area contributed by atoms with Crippen LogP contribution in [0.3, 0.4) is 0 Å². The van der Waals surface area contributed by atoms with Crippen LogP contribution in [-0.2, 0) is 4.74 Å². The predicted octanol–water partition coefficient (Wildman–Crippen LogP) is 2.65. The Morgan fingerprint density at radius 2 is 1.85 bits per heavy atom. The van der Waals surface area contributed by atoms with E-state index >= 15 is 0 Å². The Kier molecular flexibility index (Phi) is 2.88. The van der Waals surface area contributed by atoms with Crippen LogP contribution >= 0.6 is 12.6 Å². The van der Waals surface area contributed by atoms with Crippen LogP contribution in [0.1, 0.15) is 21.5 Å². The second kappa shape index (κ2) is 3.75. The molecule has 0 aromatic heterocycles. The van der Waals surface area contributed by atoms with Crippen molar-refractivity contribution in [1.82, 2.24) is 0 Å². The molecule has 0 aliphatic rings. The van der Waals surface area contributed by atoms with Crippen molar-refractivity contribution in [2.45, 2.75) is 18.7 Å². The Labute approximate surface area is 83.3 Å². The van der Waals surface area contributed by atoms with E-state index in [0.717, 1.165) is 11.1 Å². The van der Waals surface area contributed by atoms with Crippen LogP contribution in [0.25, 0.3) is 0 Å². The highest BCUT2D eigenvalue weighted by Gasteiger charge is 2.11. The van der Waals surface area contributed by atoms with Gasteiger partial charge in [-0.15, -0.1) is 0 Å². The molecule has 0 aliphatic carbocycles. The van der Waals surface area contributed by atoms with Gasteiger partial charge in [0.15, 0.2) is 0 Å². The number of hydrogen-bond acceptors (Lipinski definition) is 2. The number of carbonyl (C=O) groups excluding carboxylic acids is 1. The fourth-order valence-corrected chi connectivity index (χ4v) is 1.38. The molecule has 0 spiro atoms. The van der Waals surface area contributed by atoms with E-state index in [1.807, 2.05) is 19.9 Å². The average Bonchev–Trinajstić information content (AvgIpc) is 2.10. The van der Waals surface area contributed by atoms with Crippen molar-refractivity contribution in [2.24, 2.45) is 0 Å². The first kappa shape index (κ1) is 9.99. The van der Waals surface area contributed by atoms with E-state index in [1.165, 1.54) is 7.11 Å². The molecule has 0 fully saturated rings. The van der Waals surface area contributed by atoms with Gasteiger partial charge in [0, 0.05) is 0 Å². The van der Waals surface area contributed by atoms with Crippen LogP contribution in [0.4, 0.5) is 0 Å². The van der Waals surface area contributed by atoms with Crippen LogP contribution < -0.4 is 0 Å². The molecule has 2 nitrogen and oxygen atoms in total. The van der Waals surface area contributed by atoms with Crippen LogP contribution in [0, 0.1) is 13.8 Å². The van der Waals surface area contributed by atoms with Crippen LogP contribution in [0.2, 0.25) is 0 Å². The number of hydrogen-bond donors (Lipinski definition) is 0. The van der Waals surface area contributed by atoms with Gasteiger partial charge in [-0.05, 0) is 37.1 Å². The van der Waals surface area contributed by atoms with Gasteiger partial charge in [-0.2, -0.15) is 0 Å². The Morgan fingerprint density at radius 3 is 2.38 bits per heavy atom. The smallest absolute Gasteiger partial charge is 0.339 e. The van der Waals surface area contributed by atoms with Gasteiger partial charge in [0.25, 0.3) is 0 Å². The van der Waals surface area contributed by atoms with Gasteiger partial charge in [0.05, 0.1) is 17.6 Å². The van der Waals surface area contributed by atoms with Crippen LogP contribution in [-0.4, -0.2) is 13.1 Å². The number of carbonyl (C=O) groups is 1. The minimum atomic E-state index is -0.367. The summed E-state index contributed by atoms with van der Waals surface area (Å²) in [6.07, 6.45) is 0. The zero-order chi connectivity index (χ0) is 10.0. The standard InChI is InChI=1S/C10H11O2S/c1-6-4-8(10(11)12-3)9(13)5-7(6)2/h4-5H,1-3H3. The molecule has 1 aromatic carbocycles. The van der Waals surface area contributed by atoms with Crippen molar-refractivity contribution in [1.29, 1.82) is 0 Å². The molecule has 0 unspecified atom stereocenters. The monoisotopic (exact) mass is 195 g/mol. The maximum atomic E-state index is 11.2. The Bertz CT molecular complexity index is 345. The first-order valence-electron chi connectivity index (χ1n) is 3.93. The molecule has 1 radical (unpaired) electrons. The minimum absolute atomic E-state index is 0.367. The normalized spacial score (nSPS) is 9.77. The lowest BCUT2D eigenvalue weighted by molar-refractivity contribution is 0.0597. The number of rotatable bonds is 1. The minimum Gasteiger partial charge on any atom is -0.465 e. The molecule has 1 aromatic rings. The lowest BCUT2D eigenvalue weighted by Crippen LogP contribution is -2.03. The van der Waals surface area contributed by atoms with Gasteiger partial charge >= 0.3 is 5.97 Å². The number of benzene rings is 1. The van der Waals surface area contributed by atoms with E-state index in [9.17, 15) is 4.79 Å². The topological polar surface area (TPSA) is 26.3 Å². The molecule has 0 heterocycles. The molecule has 0 amide bonds. The quantitative estimate of drug-likeness (QED) is 0.644. The molecule has 69 valence electrons. The molecular weight excluding hydrogens is 184 g/mol. The van der Waals surface area contributed by atoms with Crippen molar-refractivity contribution in [2.75, 3.05) is 7.11 Å². The van der Waals surface area contributed by atoms with Crippen LogP contribution in [0.5, 0.6) is 0 Å². The molecule has 0 bridgehead atoms. The van der Waals surface area contributed by atoms with Crippen molar-refractivity contribution in [3.8, 4) is 0 Å². The molecule has 1 rings (SSSR count). The molecule has 0 aliphatic heterocycles. The van der Waals surface area contributed by atoms with Crippen molar-refractivity contribution in [3.63, 3.8) is 0 Å². The van der Waals surface area contributed by atoms with Gasteiger partial charge in [0.2, 0.25) is 0 Å². The predicted molar refractivity (Wildman–Crippen MR) is 53.1 cm³/mol. The fourth-order valence-electron chi connectivity index (χ4n) is 1.06. The maximum Gasteiger partial charge on any atom is 0.339 e. The zero-order valence-electron chi connectivity index (χ0n) is 7.88. The average molecular weight is 195 g/mol. The van der Waals surface area contributed by atoms with Crippen LogP contribution in [0.15, 0.2) is 17.0 Å². The summed E-state index contributed by atoms with van der Waals surface area (Å²) in [5.41, 5.74) is 2.62. The summed E-state index contributed by atoms with van der Waals surface area (Å²) < 4.78 is 4.61. The van der Waals surface area contributed by atoms with Gasteiger partial charge in [0.1, 0.15) is 0 Å². The summed E-state index contributed by atoms with van der Waals surface area (Å²) >= 11 is 5.04. The highest BCUT2D eigenvalue weighted by Crippen LogP contribution is 2.19. The van der Waals surface area contributed by atoms with Gasteiger partial charge in [-0.3, -0.25) is 0 Å². The number of methoxy groups -OCH3 is 1. The highest BCUT2D eigenvalue weighted by molar-refractivity contribution is 7.80. The van der Waals surface area contributed by atoms with E-state index in [0.29, 0.717) is 10.5 Å². The highest BCUT2D eigenvalue weighted by atomic mass is 32.1. The molecule has 13 heavy (non-hydrogen) atoms. The number of esters is 1. The van der Waals surface area contributed by atoms with Gasteiger partial charge in [-0.1, -0.05) is 12.6 Å². The SMILES string of the molecule is COC(=O)c1cc(C)c(C)cc1[S]. The fraction of sp³-hybridized carbons (Fsp3) is 0.300. The maximum absolute atomic E-state index is 11.2. The largest absolute Gasteiger partial charge is 0.465 e.